The van der Waals surface area contributed by atoms with E-state index in [2.05, 4.69) is 0 Å². The van der Waals surface area contributed by atoms with Crippen LogP contribution in [-0.2, 0) is 19.1 Å². The van der Waals surface area contributed by atoms with Crippen molar-refractivity contribution in [1.82, 2.24) is 9.80 Å². The van der Waals surface area contributed by atoms with Crippen LogP contribution in [0.4, 0.5) is 4.39 Å². The van der Waals surface area contributed by atoms with Gasteiger partial charge in [-0.25, -0.2) is 4.39 Å². The average molecular weight is 410 g/mol. The van der Waals surface area contributed by atoms with Gasteiger partial charge >= 0.3 is 5.97 Å². The Labute approximate surface area is 169 Å². The summed E-state index contributed by atoms with van der Waals surface area (Å²) in [6.45, 7) is 1.35. The van der Waals surface area contributed by atoms with E-state index < -0.39 is 11.2 Å². The first-order chi connectivity index (χ1) is 13.8. The van der Waals surface area contributed by atoms with E-state index in [1.807, 2.05) is 19.0 Å². The van der Waals surface area contributed by atoms with E-state index in [-0.39, 0.29) is 31.1 Å². The van der Waals surface area contributed by atoms with Crippen LogP contribution in [0.3, 0.4) is 0 Å². The van der Waals surface area contributed by atoms with Crippen LogP contribution >= 0.6 is 0 Å². The van der Waals surface area contributed by atoms with Gasteiger partial charge in [0.25, 0.3) is 12.4 Å². The number of rotatable bonds is 5. The molecule has 1 aromatic carbocycles. The van der Waals surface area contributed by atoms with E-state index in [4.69, 9.17) is 19.4 Å². The molecule has 3 rings (SSSR count). The van der Waals surface area contributed by atoms with Crippen molar-refractivity contribution in [3.05, 3.63) is 30.1 Å². The first-order valence-electron chi connectivity index (χ1n) is 9.39. The van der Waals surface area contributed by atoms with Gasteiger partial charge in [0.15, 0.2) is 6.61 Å². The number of amides is 1. The number of hydrogen-bond acceptors (Lipinski definition) is 6. The third kappa shape index (κ3) is 6.15. The molecule has 29 heavy (non-hydrogen) atoms. The Morgan fingerprint density at radius 2 is 2.07 bits per heavy atom. The van der Waals surface area contributed by atoms with Gasteiger partial charge in [0.1, 0.15) is 17.7 Å². The molecule has 9 heteroatoms. The van der Waals surface area contributed by atoms with Gasteiger partial charge in [0.05, 0.1) is 5.41 Å². The third-order valence-electron chi connectivity index (χ3n) is 5.13. The minimum Gasteiger partial charge on any atom is -0.484 e. The van der Waals surface area contributed by atoms with Crippen molar-refractivity contribution < 1.29 is 33.4 Å². The maximum absolute atomic E-state index is 13.1. The number of likely N-dealkylation sites (tertiary alicyclic amines) is 1. The second-order valence-corrected chi connectivity index (χ2v) is 7.51. The monoisotopic (exact) mass is 410 g/mol. The van der Waals surface area contributed by atoms with Gasteiger partial charge in [0.2, 0.25) is 0 Å². The molecular weight excluding hydrogens is 383 g/mol. The number of carbonyl (C=O) groups is 3. The molecular formula is C20H27FN2O6. The zero-order valence-corrected chi connectivity index (χ0v) is 16.7. The Kier molecular flexibility index (Phi) is 7.95. The van der Waals surface area contributed by atoms with Crippen molar-refractivity contribution in [2.75, 3.05) is 40.3 Å². The van der Waals surface area contributed by atoms with Crippen LogP contribution in [0.5, 0.6) is 5.75 Å². The second kappa shape index (κ2) is 10.2. The number of benzene rings is 1. The van der Waals surface area contributed by atoms with Crippen molar-refractivity contribution in [2.45, 2.75) is 25.4 Å². The molecule has 2 saturated heterocycles. The van der Waals surface area contributed by atoms with E-state index in [0.29, 0.717) is 38.1 Å². The molecule has 0 radical (unpaired) electrons. The lowest BCUT2D eigenvalue weighted by molar-refractivity contribution is -0.153. The van der Waals surface area contributed by atoms with Crippen LogP contribution in [0.1, 0.15) is 19.3 Å². The van der Waals surface area contributed by atoms with Gasteiger partial charge < -0.3 is 24.4 Å². The first kappa shape index (κ1) is 22.6. The molecule has 1 amide bonds. The SMILES string of the molecule is CN(C)CC1CC2(CCN(C(=O)COc3cccc(F)c3)CC2)C(=O)O1.O=CO. The third-order valence-corrected chi connectivity index (χ3v) is 5.13. The lowest BCUT2D eigenvalue weighted by Gasteiger charge is -2.36. The lowest BCUT2D eigenvalue weighted by atomic mass is 9.76. The van der Waals surface area contributed by atoms with Gasteiger partial charge in [0, 0.05) is 32.1 Å². The highest BCUT2D eigenvalue weighted by molar-refractivity contribution is 5.81. The summed E-state index contributed by atoms with van der Waals surface area (Å²) in [6, 6.07) is 5.72. The Hall–Kier alpha value is -2.68. The van der Waals surface area contributed by atoms with Gasteiger partial charge in [-0.05, 0) is 39.1 Å². The minimum absolute atomic E-state index is 0.0731. The summed E-state index contributed by atoms with van der Waals surface area (Å²) in [5.74, 6) is -0.354. The van der Waals surface area contributed by atoms with Crippen LogP contribution in [0, 0.1) is 11.2 Å². The predicted octanol–water partition coefficient (Wildman–Crippen LogP) is 1.39. The molecule has 2 aliphatic heterocycles. The topological polar surface area (TPSA) is 96.4 Å². The fourth-order valence-electron chi connectivity index (χ4n) is 3.73. The van der Waals surface area contributed by atoms with Crippen molar-refractivity contribution in [3.63, 3.8) is 0 Å². The van der Waals surface area contributed by atoms with Crippen LogP contribution in [-0.4, -0.2) is 79.7 Å². The quantitative estimate of drug-likeness (QED) is 0.579. The molecule has 1 N–H and O–H groups in total. The van der Waals surface area contributed by atoms with E-state index in [0.717, 1.165) is 6.54 Å². The zero-order valence-electron chi connectivity index (χ0n) is 16.7. The van der Waals surface area contributed by atoms with E-state index in [1.165, 1.54) is 18.2 Å². The number of halogens is 1. The molecule has 0 bridgehead atoms. The highest BCUT2D eigenvalue weighted by Crippen LogP contribution is 2.43. The largest absolute Gasteiger partial charge is 0.484 e. The molecule has 0 aliphatic carbocycles. The van der Waals surface area contributed by atoms with E-state index >= 15 is 0 Å². The fraction of sp³-hybridized carbons (Fsp3) is 0.550. The number of nitrogens with zero attached hydrogens (tertiary/aromatic N) is 2. The summed E-state index contributed by atoms with van der Waals surface area (Å²) < 4.78 is 24.0. The predicted molar refractivity (Wildman–Crippen MR) is 102 cm³/mol. The summed E-state index contributed by atoms with van der Waals surface area (Å²) in [4.78, 5) is 36.8. The van der Waals surface area contributed by atoms with Gasteiger partial charge in [-0.3, -0.25) is 14.4 Å². The minimum atomic E-state index is -0.457. The summed E-state index contributed by atoms with van der Waals surface area (Å²) in [7, 11) is 3.91. The number of piperidine rings is 1. The van der Waals surface area contributed by atoms with Crippen LogP contribution in [0.15, 0.2) is 24.3 Å². The number of likely N-dealkylation sites (N-methyl/N-ethyl adjacent to an activating group) is 1. The number of carbonyl (C=O) groups excluding carboxylic acids is 2. The summed E-state index contributed by atoms with van der Waals surface area (Å²) in [5, 5.41) is 6.89. The maximum Gasteiger partial charge on any atom is 0.312 e. The molecule has 1 unspecified atom stereocenters. The standard InChI is InChI=1S/C19H25FN2O4.CH2O2/c1-21(2)12-16-11-19(18(24)26-16)6-8-22(9-7-19)17(23)13-25-15-5-3-4-14(20)10-15;2-1-3/h3-5,10,16H,6-9,11-13H2,1-2H3;1H,(H,2,3). The van der Waals surface area contributed by atoms with E-state index in [9.17, 15) is 14.0 Å². The molecule has 2 heterocycles. The Balaban J connectivity index is 0.000000941. The van der Waals surface area contributed by atoms with Crippen molar-refractivity contribution >= 4 is 18.3 Å². The summed E-state index contributed by atoms with van der Waals surface area (Å²) in [5.41, 5.74) is -0.457. The molecule has 2 aliphatic rings. The Morgan fingerprint density at radius 1 is 1.41 bits per heavy atom. The second-order valence-electron chi connectivity index (χ2n) is 7.51. The average Bonchev–Trinajstić information content (AvgIpc) is 2.95. The van der Waals surface area contributed by atoms with Gasteiger partial charge in [-0.2, -0.15) is 0 Å². The molecule has 1 atom stereocenters. The maximum atomic E-state index is 13.1. The molecule has 0 aromatic heterocycles. The fourth-order valence-corrected chi connectivity index (χ4v) is 3.73. The highest BCUT2D eigenvalue weighted by Gasteiger charge is 2.50. The number of ether oxygens (including phenoxy) is 2. The molecule has 1 aromatic rings. The zero-order chi connectivity index (χ0) is 21.4. The first-order valence-corrected chi connectivity index (χ1v) is 9.39. The molecule has 1 spiro atoms. The van der Waals surface area contributed by atoms with Gasteiger partial charge in [-0.1, -0.05) is 6.07 Å². The Bertz CT molecular complexity index is 719. The van der Waals surface area contributed by atoms with Crippen LogP contribution < -0.4 is 4.74 Å². The van der Waals surface area contributed by atoms with Crippen LogP contribution in [0.2, 0.25) is 0 Å². The highest BCUT2D eigenvalue weighted by atomic mass is 19.1. The van der Waals surface area contributed by atoms with Crippen molar-refractivity contribution in [2.24, 2.45) is 5.41 Å². The summed E-state index contributed by atoms with van der Waals surface area (Å²) >= 11 is 0. The number of cyclic esters (lactones) is 1. The number of esters is 1. The lowest BCUT2D eigenvalue weighted by Crippen LogP contribution is -2.46. The number of carboxylic acid groups (broad SMARTS) is 1. The normalized spacial score (nSPS) is 20.1. The van der Waals surface area contributed by atoms with Gasteiger partial charge in [-0.15, -0.1) is 0 Å². The van der Waals surface area contributed by atoms with Crippen LogP contribution in [0.25, 0.3) is 0 Å². The van der Waals surface area contributed by atoms with Crippen molar-refractivity contribution in [3.8, 4) is 5.75 Å². The summed E-state index contributed by atoms with van der Waals surface area (Å²) in [6.07, 6.45) is 1.87. The number of hydrogen-bond donors (Lipinski definition) is 1. The molecule has 160 valence electrons. The molecule has 8 nitrogen and oxygen atoms in total. The molecule has 2 fully saturated rings. The van der Waals surface area contributed by atoms with E-state index in [1.54, 1.807) is 11.0 Å². The molecule has 0 saturated carbocycles. The smallest absolute Gasteiger partial charge is 0.312 e. The van der Waals surface area contributed by atoms with Crippen molar-refractivity contribution in [1.29, 1.82) is 0 Å². The Morgan fingerprint density at radius 3 is 2.66 bits per heavy atom.